The Morgan fingerprint density at radius 2 is 1.79 bits per heavy atom. The third kappa shape index (κ3) is 3.09. The SMILES string of the molecule is CSc1nc(-c2cc(Cl)nc(Cl)c2)nc(N)c1CN. The fourth-order valence-corrected chi connectivity index (χ4v) is 2.64. The number of nitrogens with two attached hydrogens (primary N) is 2. The number of hydrogen-bond donors (Lipinski definition) is 2. The van der Waals surface area contributed by atoms with Crippen LogP contribution in [0.4, 0.5) is 5.82 Å². The Morgan fingerprint density at radius 3 is 2.32 bits per heavy atom. The second-order valence-electron chi connectivity index (χ2n) is 3.63. The Bertz CT molecular complexity index is 600. The zero-order valence-electron chi connectivity index (χ0n) is 10.0. The van der Waals surface area contributed by atoms with Crippen LogP contribution in [0, 0.1) is 0 Å². The lowest BCUT2D eigenvalue weighted by Crippen LogP contribution is -2.08. The van der Waals surface area contributed by atoms with E-state index in [0.717, 1.165) is 10.6 Å². The number of thioether (sulfide) groups is 1. The van der Waals surface area contributed by atoms with Crippen LogP contribution in [-0.4, -0.2) is 21.2 Å². The number of pyridine rings is 1. The van der Waals surface area contributed by atoms with Gasteiger partial charge in [0.1, 0.15) is 21.2 Å². The van der Waals surface area contributed by atoms with E-state index < -0.39 is 0 Å². The highest BCUT2D eigenvalue weighted by Crippen LogP contribution is 2.28. The predicted molar refractivity (Wildman–Crippen MR) is 79.4 cm³/mol. The number of nitrogen functional groups attached to an aromatic ring is 1. The van der Waals surface area contributed by atoms with Crippen molar-refractivity contribution in [1.82, 2.24) is 15.0 Å². The zero-order chi connectivity index (χ0) is 14.0. The smallest absolute Gasteiger partial charge is 0.162 e. The second-order valence-corrected chi connectivity index (χ2v) is 5.20. The normalized spacial score (nSPS) is 10.7. The number of halogens is 2. The monoisotopic (exact) mass is 315 g/mol. The topological polar surface area (TPSA) is 90.7 Å². The third-order valence-electron chi connectivity index (χ3n) is 2.42. The van der Waals surface area contributed by atoms with Crippen molar-refractivity contribution in [1.29, 1.82) is 0 Å². The molecule has 0 radical (unpaired) electrons. The molecule has 2 heterocycles. The quantitative estimate of drug-likeness (QED) is 0.514. The first-order chi connectivity index (χ1) is 9.05. The van der Waals surface area contributed by atoms with Gasteiger partial charge in [-0.3, -0.25) is 0 Å². The molecule has 2 rings (SSSR count). The molecule has 0 aromatic carbocycles. The summed E-state index contributed by atoms with van der Waals surface area (Å²) in [5, 5.41) is 1.30. The van der Waals surface area contributed by atoms with Gasteiger partial charge in [0.15, 0.2) is 5.82 Å². The lowest BCUT2D eigenvalue weighted by molar-refractivity contribution is 0.938. The largest absolute Gasteiger partial charge is 0.383 e. The van der Waals surface area contributed by atoms with Crippen LogP contribution in [0.2, 0.25) is 10.3 Å². The van der Waals surface area contributed by atoms with Crippen molar-refractivity contribution in [2.75, 3.05) is 12.0 Å². The van der Waals surface area contributed by atoms with Gasteiger partial charge in [-0.15, -0.1) is 11.8 Å². The summed E-state index contributed by atoms with van der Waals surface area (Å²) in [6, 6.07) is 3.27. The minimum absolute atomic E-state index is 0.276. The molecule has 5 nitrogen and oxygen atoms in total. The molecule has 0 saturated carbocycles. The molecule has 8 heteroatoms. The summed E-state index contributed by atoms with van der Waals surface area (Å²) < 4.78 is 0. The van der Waals surface area contributed by atoms with E-state index in [1.165, 1.54) is 11.8 Å². The minimum Gasteiger partial charge on any atom is -0.383 e. The fourth-order valence-electron chi connectivity index (χ4n) is 1.56. The van der Waals surface area contributed by atoms with Gasteiger partial charge in [-0.1, -0.05) is 23.2 Å². The molecule has 100 valence electrons. The molecule has 0 spiro atoms. The highest BCUT2D eigenvalue weighted by molar-refractivity contribution is 7.98. The minimum atomic E-state index is 0.276. The average molecular weight is 316 g/mol. The van der Waals surface area contributed by atoms with Crippen LogP contribution < -0.4 is 11.5 Å². The molecule has 0 aliphatic carbocycles. The maximum Gasteiger partial charge on any atom is 0.162 e. The zero-order valence-corrected chi connectivity index (χ0v) is 12.4. The van der Waals surface area contributed by atoms with Crippen molar-refractivity contribution in [2.45, 2.75) is 11.6 Å². The van der Waals surface area contributed by atoms with Gasteiger partial charge in [-0.25, -0.2) is 15.0 Å². The molecule has 0 amide bonds. The van der Waals surface area contributed by atoms with Crippen LogP contribution in [0.15, 0.2) is 17.2 Å². The molecule has 0 aliphatic heterocycles. The van der Waals surface area contributed by atoms with Crippen LogP contribution in [0.25, 0.3) is 11.4 Å². The third-order valence-corrected chi connectivity index (χ3v) is 3.53. The standard InChI is InChI=1S/C11H11Cl2N5S/c1-19-11-6(4-14)9(15)17-10(18-11)5-2-7(12)16-8(13)3-5/h2-3H,4,14H2,1H3,(H2,15,17,18). The van der Waals surface area contributed by atoms with Gasteiger partial charge in [0.25, 0.3) is 0 Å². The van der Waals surface area contributed by atoms with E-state index in [2.05, 4.69) is 15.0 Å². The van der Waals surface area contributed by atoms with Crippen LogP contribution in [0.1, 0.15) is 5.56 Å². The number of hydrogen-bond acceptors (Lipinski definition) is 6. The van der Waals surface area contributed by atoms with Crippen molar-refractivity contribution < 1.29 is 0 Å². The maximum absolute atomic E-state index is 5.90. The van der Waals surface area contributed by atoms with E-state index in [0.29, 0.717) is 23.8 Å². The summed E-state index contributed by atoms with van der Waals surface area (Å²) in [6.07, 6.45) is 1.90. The number of anilines is 1. The summed E-state index contributed by atoms with van der Waals surface area (Å²) in [6.45, 7) is 0.292. The molecule has 2 aromatic rings. The first-order valence-electron chi connectivity index (χ1n) is 5.29. The van der Waals surface area contributed by atoms with Gasteiger partial charge < -0.3 is 11.5 Å². The number of aromatic nitrogens is 3. The fraction of sp³-hybridized carbons (Fsp3) is 0.182. The molecule has 0 fully saturated rings. The van der Waals surface area contributed by atoms with Crippen LogP contribution in [0.3, 0.4) is 0 Å². The highest BCUT2D eigenvalue weighted by atomic mass is 35.5. The van der Waals surface area contributed by atoms with E-state index in [9.17, 15) is 0 Å². The van der Waals surface area contributed by atoms with Gasteiger partial charge >= 0.3 is 0 Å². The lowest BCUT2D eigenvalue weighted by Gasteiger charge is -2.10. The Kier molecular flexibility index (Phi) is 4.46. The average Bonchev–Trinajstić information content (AvgIpc) is 2.36. The molecular weight excluding hydrogens is 305 g/mol. The lowest BCUT2D eigenvalue weighted by atomic mass is 10.2. The molecule has 4 N–H and O–H groups in total. The molecule has 0 saturated heterocycles. The molecule has 2 aromatic heterocycles. The summed E-state index contributed by atoms with van der Waals surface area (Å²) >= 11 is 13.2. The molecule has 0 unspecified atom stereocenters. The second kappa shape index (κ2) is 5.92. The van der Waals surface area contributed by atoms with E-state index in [4.69, 9.17) is 34.7 Å². The van der Waals surface area contributed by atoms with Crippen LogP contribution >= 0.6 is 35.0 Å². The van der Waals surface area contributed by atoms with Crippen molar-refractivity contribution in [3.8, 4) is 11.4 Å². The Hall–Kier alpha value is -1.08. The number of nitrogens with zero attached hydrogens (tertiary/aromatic N) is 3. The summed E-state index contributed by atoms with van der Waals surface area (Å²) in [5.41, 5.74) is 12.9. The van der Waals surface area contributed by atoms with Crippen molar-refractivity contribution in [3.63, 3.8) is 0 Å². The molecular formula is C11H11Cl2N5S. The molecule has 19 heavy (non-hydrogen) atoms. The molecule has 0 aliphatic rings. The maximum atomic E-state index is 5.90. The number of rotatable bonds is 3. The summed E-state index contributed by atoms with van der Waals surface area (Å²) in [5.74, 6) is 0.811. The molecule has 0 atom stereocenters. The van der Waals surface area contributed by atoms with E-state index in [1.54, 1.807) is 12.1 Å². The predicted octanol–water partition coefficient (Wildman–Crippen LogP) is 2.61. The van der Waals surface area contributed by atoms with E-state index >= 15 is 0 Å². The van der Waals surface area contributed by atoms with Crippen molar-refractivity contribution in [3.05, 3.63) is 28.0 Å². The van der Waals surface area contributed by atoms with Crippen LogP contribution in [0.5, 0.6) is 0 Å². The Labute approximate surface area is 124 Å². The molecule has 0 bridgehead atoms. The summed E-state index contributed by atoms with van der Waals surface area (Å²) in [4.78, 5) is 12.5. The first-order valence-corrected chi connectivity index (χ1v) is 7.27. The van der Waals surface area contributed by atoms with Gasteiger partial charge in [-0.2, -0.15) is 0 Å². The van der Waals surface area contributed by atoms with E-state index in [-0.39, 0.29) is 10.3 Å². The van der Waals surface area contributed by atoms with Gasteiger partial charge in [-0.05, 0) is 18.4 Å². The van der Waals surface area contributed by atoms with Gasteiger partial charge in [0.05, 0.1) is 0 Å². The van der Waals surface area contributed by atoms with E-state index in [1.807, 2.05) is 6.26 Å². The first kappa shape index (κ1) is 14.3. The van der Waals surface area contributed by atoms with Crippen LogP contribution in [-0.2, 0) is 6.54 Å². The Balaban J connectivity index is 2.59. The van der Waals surface area contributed by atoms with Gasteiger partial charge in [0.2, 0.25) is 0 Å². The summed E-state index contributed by atoms with van der Waals surface area (Å²) in [7, 11) is 0. The Morgan fingerprint density at radius 1 is 1.16 bits per heavy atom. The highest BCUT2D eigenvalue weighted by Gasteiger charge is 2.13. The van der Waals surface area contributed by atoms with Crippen molar-refractivity contribution in [2.24, 2.45) is 5.73 Å². The van der Waals surface area contributed by atoms with Crippen molar-refractivity contribution >= 4 is 40.8 Å². The van der Waals surface area contributed by atoms with Gasteiger partial charge in [0, 0.05) is 17.7 Å².